The Morgan fingerprint density at radius 2 is 1.22 bits per heavy atom. The zero-order valence-electron chi connectivity index (χ0n) is 19.1. The largest absolute Gasteiger partial charge is 0.207 e. The molecule has 4 rings (SSSR count). The first-order chi connectivity index (χ1) is 15.7. The van der Waals surface area contributed by atoms with Crippen LogP contribution in [0.2, 0.25) is 0 Å². The van der Waals surface area contributed by atoms with Gasteiger partial charge in [-0.15, -0.1) is 0 Å². The molecule has 1 saturated carbocycles. The Kier molecular flexibility index (Phi) is 7.78. The molecule has 3 aromatic carbocycles. The van der Waals surface area contributed by atoms with Crippen molar-refractivity contribution >= 4 is 0 Å². The van der Waals surface area contributed by atoms with Crippen molar-refractivity contribution in [2.45, 2.75) is 64.2 Å². The summed E-state index contributed by atoms with van der Waals surface area (Å²) in [5, 5.41) is 0. The average Bonchev–Trinajstić information content (AvgIpc) is 2.85. The van der Waals surface area contributed by atoms with Gasteiger partial charge < -0.3 is 0 Å². The second kappa shape index (κ2) is 11.1. The maximum absolute atomic E-state index is 13.0. The van der Waals surface area contributed by atoms with Crippen LogP contribution in [0.15, 0.2) is 72.8 Å². The van der Waals surface area contributed by atoms with E-state index in [1.807, 2.05) is 0 Å². The molecule has 0 bridgehead atoms. The Balaban J connectivity index is 1.34. The van der Waals surface area contributed by atoms with Gasteiger partial charge in [0.25, 0.3) is 0 Å². The number of unbranched alkanes of at least 4 members (excludes halogenated alkanes) is 2. The molecule has 0 heterocycles. The molecule has 164 valence electrons. The number of benzene rings is 3. The fraction of sp³-hybridized carbons (Fsp3) is 0.355. The number of halogens is 1. The van der Waals surface area contributed by atoms with E-state index in [1.54, 1.807) is 12.1 Å². The molecule has 32 heavy (non-hydrogen) atoms. The molecular formula is C31H33F. The van der Waals surface area contributed by atoms with Crippen LogP contribution in [0.4, 0.5) is 4.39 Å². The van der Waals surface area contributed by atoms with Crippen LogP contribution in [0.3, 0.4) is 0 Å². The van der Waals surface area contributed by atoms with Gasteiger partial charge in [-0.05, 0) is 90.6 Å². The second-order valence-electron chi connectivity index (χ2n) is 9.17. The molecule has 0 unspecified atom stereocenters. The molecule has 0 atom stereocenters. The minimum absolute atomic E-state index is 0.235. The van der Waals surface area contributed by atoms with Gasteiger partial charge in [-0.3, -0.25) is 0 Å². The Hall–Kier alpha value is -2.85. The van der Waals surface area contributed by atoms with Gasteiger partial charge >= 0.3 is 0 Å². The third-order valence-electron chi connectivity index (χ3n) is 6.86. The number of hydrogen-bond donors (Lipinski definition) is 0. The molecule has 0 aromatic heterocycles. The average molecular weight is 425 g/mol. The molecule has 0 amide bonds. The smallest absolute Gasteiger partial charge is 0.123 e. The van der Waals surface area contributed by atoms with E-state index in [0.29, 0.717) is 0 Å². The van der Waals surface area contributed by atoms with Crippen molar-refractivity contribution in [3.05, 3.63) is 95.3 Å². The molecule has 1 aliphatic rings. The van der Waals surface area contributed by atoms with Gasteiger partial charge in [0, 0.05) is 11.1 Å². The van der Waals surface area contributed by atoms with Crippen LogP contribution >= 0.6 is 0 Å². The van der Waals surface area contributed by atoms with Crippen molar-refractivity contribution in [2.24, 2.45) is 5.92 Å². The summed E-state index contributed by atoms with van der Waals surface area (Å²) in [5.74, 6) is 7.71. The van der Waals surface area contributed by atoms with E-state index in [1.165, 1.54) is 80.2 Å². The lowest BCUT2D eigenvalue weighted by atomic mass is 9.77. The zero-order chi connectivity index (χ0) is 22.2. The van der Waals surface area contributed by atoms with Gasteiger partial charge in [0.15, 0.2) is 0 Å². The van der Waals surface area contributed by atoms with Crippen molar-refractivity contribution < 1.29 is 4.39 Å². The number of hydrogen-bond acceptors (Lipinski definition) is 0. The Bertz CT molecular complexity index is 1020. The fourth-order valence-corrected chi connectivity index (χ4v) is 4.84. The molecule has 0 nitrogen and oxygen atoms in total. The third kappa shape index (κ3) is 6.10. The molecule has 0 radical (unpaired) electrons. The van der Waals surface area contributed by atoms with Crippen LogP contribution in [-0.4, -0.2) is 0 Å². The molecular weight excluding hydrogens is 391 g/mol. The molecule has 0 spiro atoms. The van der Waals surface area contributed by atoms with E-state index in [-0.39, 0.29) is 5.82 Å². The SMILES string of the molecule is CCCCCC1CCC(c2ccc(-c3ccc(C#Cc4ccc(F)cc4)cc3)cc2)CC1. The third-order valence-corrected chi connectivity index (χ3v) is 6.86. The van der Waals surface area contributed by atoms with Crippen LogP contribution in [0, 0.1) is 23.6 Å². The van der Waals surface area contributed by atoms with Gasteiger partial charge in [-0.25, -0.2) is 4.39 Å². The molecule has 0 saturated heterocycles. The minimum Gasteiger partial charge on any atom is -0.207 e. The topological polar surface area (TPSA) is 0 Å². The van der Waals surface area contributed by atoms with E-state index >= 15 is 0 Å². The van der Waals surface area contributed by atoms with Crippen LogP contribution in [0.25, 0.3) is 11.1 Å². The van der Waals surface area contributed by atoms with Gasteiger partial charge in [-0.1, -0.05) is 80.8 Å². The van der Waals surface area contributed by atoms with E-state index < -0.39 is 0 Å². The molecule has 3 aromatic rings. The molecule has 0 aliphatic heterocycles. The molecule has 1 fully saturated rings. The van der Waals surface area contributed by atoms with Gasteiger partial charge in [0.1, 0.15) is 5.82 Å². The van der Waals surface area contributed by atoms with Gasteiger partial charge in [0.05, 0.1) is 0 Å². The van der Waals surface area contributed by atoms with Crippen molar-refractivity contribution in [1.29, 1.82) is 0 Å². The standard InChI is InChI=1S/C31H33F/c1-2-3-4-5-24-8-14-27(15-9-24)29-18-20-30(21-19-29)28-16-10-25(11-17-28)6-7-26-12-22-31(32)23-13-26/h10-13,16-24,27H,2-5,8-9,14-15H2,1H3. The first-order valence-electron chi connectivity index (χ1n) is 12.2. The maximum Gasteiger partial charge on any atom is 0.123 e. The zero-order valence-corrected chi connectivity index (χ0v) is 19.1. The van der Waals surface area contributed by atoms with Gasteiger partial charge in [0.2, 0.25) is 0 Å². The summed E-state index contributed by atoms with van der Waals surface area (Å²) in [7, 11) is 0. The summed E-state index contributed by atoms with van der Waals surface area (Å²) >= 11 is 0. The van der Waals surface area contributed by atoms with E-state index in [9.17, 15) is 4.39 Å². The summed E-state index contributed by atoms with van der Waals surface area (Å²) in [6, 6.07) is 23.9. The minimum atomic E-state index is -0.235. The maximum atomic E-state index is 13.0. The highest BCUT2D eigenvalue weighted by molar-refractivity contribution is 5.65. The monoisotopic (exact) mass is 424 g/mol. The highest BCUT2D eigenvalue weighted by atomic mass is 19.1. The van der Waals surface area contributed by atoms with Crippen molar-refractivity contribution in [2.75, 3.05) is 0 Å². The summed E-state index contributed by atoms with van der Waals surface area (Å²) in [6.45, 7) is 2.29. The van der Waals surface area contributed by atoms with Crippen LogP contribution < -0.4 is 0 Å². The van der Waals surface area contributed by atoms with E-state index in [2.05, 4.69) is 67.3 Å². The lowest BCUT2D eigenvalue weighted by Crippen LogP contribution is -2.13. The van der Waals surface area contributed by atoms with Crippen molar-refractivity contribution in [1.82, 2.24) is 0 Å². The highest BCUT2D eigenvalue weighted by Crippen LogP contribution is 2.38. The van der Waals surface area contributed by atoms with Gasteiger partial charge in [-0.2, -0.15) is 0 Å². The Labute approximate surface area is 192 Å². The molecule has 1 aliphatic carbocycles. The summed E-state index contributed by atoms with van der Waals surface area (Å²) < 4.78 is 13.0. The Morgan fingerprint density at radius 3 is 1.78 bits per heavy atom. The first kappa shape index (κ1) is 22.3. The predicted molar refractivity (Wildman–Crippen MR) is 133 cm³/mol. The molecule has 1 heteroatoms. The van der Waals surface area contributed by atoms with Crippen molar-refractivity contribution in [3.8, 4) is 23.0 Å². The second-order valence-corrected chi connectivity index (χ2v) is 9.17. The van der Waals surface area contributed by atoms with Crippen molar-refractivity contribution in [3.63, 3.8) is 0 Å². The first-order valence-corrected chi connectivity index (χ1v) is 12.2. The van der Waals surface area contributed by atoms with E-state index in [4.69, 9.17) is 0 Å². The quantitative estimate of drug-likeness (QED) is 0.274. The Morgan fingerprint density at radius 1 is 0.688 bits per heavy atom. The highest BCUT2D eigenvalue weighted by Gasteiger charge is 2.22. The summed E-state index contributed by atoms with van der Waals surface area (Å²) in [5.41, 5.74) is 5.75. The normalized spacial score (nSPS) is 18.1. The summed E-state index contributed by atoms with van der Waals surface area (Å²) in [4.78, 5) is 0. The number of rotatable bonds is 6. The lowest BCUT2D eigenvalue weighted by molar-refractivity contribution is 0.303. The van der Waals surface area contributed by atoms with Crippen LogP contribution in [-0.2, 0) is 0 Å². The van der Waals surface area contributed by atoms with E-state index in [0.717, 1.165) is 23.0 Å². The van der Waals surface area contributed by atoms with Crippen LogP contribution in [0.5, 0.6) is 0 Å². The molecule has 0 N–H and O–H groups in total. The lowest BCUT2D eigenvalue weighted by Gasteiger charge is -2.29. The fourth-order valence-electron chi connectivity index (χ4n) is 4.84. The van der Waals surface area contributed by atoms with Crippen LogP contribution in [0.1, 0.15) is 80.9 Å². The predicted octanol–water partition coefficient (Wildman–Crippen LogP) is 8.75. The summed E-state index contributed by atoms with van der Waals surface area (Å²) in [6.07, 6.45) is 11.1.